The van der Waals surface area contributed by atoms with Crippen molar-refractivity contribution in [2.75, 3.05) is 20.2 Å². The predicted molar refractivity (Wildman–Crippen MR) is 69.0 cm³/mol. The van der Waals surface area contributed by atoms with Crippen LogP contribution in [0.4, 0.5) is 0 Å². The van der Waals surface area contributed by atoms with Gasteiger partial charge in [0.05, 0.1) is 6.10 Å². The number of carbonyl (C=O) groups is 1. The molecule has 2 unspecified atom stereocenters. The molecule has 100 valence electrons. The molecule has 4 nitrogen and oxygen atoms in total. The summed E-state index contributed by atoms with van der Waals surface area (Å²) in [5.74, 6) is 0.151. The zero-order valence-electron chi connectivity index (χ0n) is 11.1. The topological polar surface area (TPSA) is 50.4 Å². The van der Waals surface area contributed by atoms with Crippen molar-refractivity contribution in [3.8, 4) is 0 Å². The van der Waals surface area contributed by atoms with Crippen LogP contribution in [0, 0.1) is 0 Å². The van der Waals surface area contributed by atoms with Gasteiger partial charge < -0.3 is 15.4 Å². The van der Waals surface area contributed by atoms with Gasteiger partial charge in [-0.25, -0.2) is 0 Å². The monoisotopic (exact) mass is 242 g/mol. The molecular weight excluding hydrogens is 216 g/mol. The van der Waals surface area contributed by atoms with Crippen LogP contribution in [0.1, 0.15) is 45.4 Å². The van der Waals surface area contributed by atoms with Gasteiger partial charge in [0.15, 0.2) is 0 Å². The van der Waals surface area contributed by atoms with Crippen molar-refractivity contribution < 1.29 is 9.53 Å². The summed E-state index contributed by atoms with van der Waals surface area (Å²) in [6, 6.07) is 0.521. The van der Waals surface area contributed by atoms with Crippen molar-refractivity contribution in [3.05, 3.63) is 0 Å². The molecule has 1 saturated carbocycles. The number of carbonyl (C=O) groups excluding carboxylic acids is 1. The molecule has 2 N–H and O–H groups in total. The van der Waals surface area contributed by atoms with Gasteiger partial charge in [-0.15, -0.1) is 0 Å². The van der Waals surface area contributed by atoms with Crippen LogP contribution in [0.2, 0.25) is 0 Å². The highest BCUT2D eigenvalue weighted by molar-refractivity contribution is 5.75. The molecule has 17 heavy (non-hydrogen) atoms. The van der Waals surface area contributed by atoms with Crippen LogP contribution in [0.25, 0.3) is 0 Å². The fourth-order valence-corrected chi connectivity index (χ4v) is 2.29. The molecule has 1 rings (SSSR count). The fraction of sp³-hybridized carbons (Fsp3) is 0.923. The van der Waals surface area contributed by atoms with Crippen LogP contribution in [0.15, 0.2) is 0 Å². The molecule has 1 aliphatic carbocycles. The Balaban J connectivity index is 2.07. The smallest absolute Gasteiger partial charge is 0.221 e. The zero-order valence-corrected chi connectivity index (χ0v) is 11.1. The highest BCUT2D eigenvalue weighted by Crippen LogP contribution is 2.20. The van der Waals surface area contributed by atoms with Crippen molar-refractivity contribution in [3.63, 3.8) is 0 Å². The summed E-state index contributed by atoms with van der Waals surface area (Å²) >= 11 is 0. The van der Waals surface area contributed by atoms with Crippen LogP contribution in [-0.2, 0) is 9.53 Å². The van der Waals surface area contributed by atoms with E-state index >= 15 is 0 Å². The summed E-state index contributed by atoms with van der Waals surface area (Å²) in [6.07, 6.45) is 6.65. The Morgan fingerprint density at radius 3 is 2.88 bits per heavy atom. The van der Waals surface area contributed by atoms with Crippen LogP contribution in [-0.4, -0.2) is 38.3 Å². The molecule has 0 bridgehead atoms. The molecule has 1 aliphatic rings. The molecule has 0 saturated heterocycles. The van der Waals surface area contributed by atoms with Gasteiger partial charge in [0.2, 0.25) is 5.91 Å². The molecule has 0 aromatic rings. The lowest BCUT2D eigenvalue weighted by molar-refractivity contribution is -0.121. The molecule has 1 fully saturated rings. The molecule has 0 aromatic carbocycles. The third kappa shape index (κ3) is 6.03. The van der Waals surface area contributed by atoms with Crippen LogP contribution < -0.4 is 10.6 Å². The summed E-state index contributed by atoms with van der Waals surface area (Å²) in [7, 11) is 1.78. The second-order valence-corrected chi connectivity index (χ2v) is 4.78. The highest BCUT2D eigenvalue weighted by Gasteiger charge is 2.20. The lowest BCUT2D eigenvalue weighted by Crippen LogP contribution is -2.38. The normalized spacial score (nSPS) is 24.6. The molecule has 1 amide bonds. The Bertz CT molecular complexity index is 221. The molecular formula is C13H26N2O2. The summed E-state index contributed by atoms with van der Waals surface area (Å²) < 4.78 is 5.38. The van der Waals surface area contributed by atoms with E-state index in [2.05, 4.69) is 17.6 Å². The Morgan fingerprint density at radius 1 is 1.35 bits per heavy atom. The van der Waals surface area contributed by atoms with E-state index in [-0.39, 0.29) is 5.91 Å². The summed E-state index contributed by atoms with van der Waals surface area (Å²) in [6.45, 7) is 3.62. The summed E-state index contributed by atoms with van der Waals surface area (Å²) in [5, 5.41) is 6.34. The van der Waals surface area contributed by atoms with Gasteiger partial charge in [0.25, 0.3) is 0 Å². The number of amides is 1. The number of methoxy groups -OCH3 is 1. The van der Waals surface area contributed by atoms with Crippen molar-refractivity contribution in [1.82, 2.24) is 10.6 Å². The van der Waals surface area contributed by atoms with E-state index in [9.17, 15) is 4.79 Å². The average molecular weight is 242 g/mol. The Hall–Kier alpha value is -0.610. The minimum absolute atomic E-state index is 0.151. The molecule has 2 atom stereocenters. The lowest BCUT2D eigenvalue weighted by Gasteiger charge is -2.28. The maximum atomic E-state index is 11.4. The molecule has 0 radical (unpaired) electrons. The van der Waals surface area contributed by atoms with E-state index in [1.54, 1.807) is 7.11 Å². The van der Waals surface area contributed by atoms with Crippen molar-refractivity contribution in [2.45, 2.75) is 57.6 Å². The Labute approximate surface area is 104 Å². The molecule has 4 heteroatoms. The molecule has 0 aliphatic heterocycles. The number of hydrogen-bond donors (Lipinski definition) is 2. The second kappa shape index (κ2) is 8.48. The fourth-order valence-electron chi connectivity index (χ4n) is 2.29. The first-order valence-corrected chi connectivity index (χ1v) is 6.79. The number of rotatable bonds is 7. The van der Waals surface area contributed by atoms with Gasteiger partial charge in [-0.05, 0) is 32.1 Å². The van der Waals surface area contributed by atoms with Crippen LogP contribution in [0.3, 0.4) is 0 Å². The third-order valence-electron chi connectivity index (χ3n) is 3.32. The average Bonchev–Trinajstić information content (AvgIpc) is 2.36. The van der Waals surface area contributed by atoms with Crippen LogP contribution >= 0.6 is 0 Å². The van der Waals surface area contributed by atoms with E-state index < -0.39 is 0 Å². The Kier molecular flexibility index (Phi) is 7.21. The van der Waals surface area contributed by atoms with Gasteiger partial charge in [0.1, 0.15) is 0 Å². The van der Waals surface area contributed by atoms with Gasteiger partial charge in [0, 0.05) is 32.7 Å². The van der Waals surface area contributed by atoms with Gasteiger partial charge in [-0.1, -0.05) is 6.92 Å². The SMILES string of the molecule is CCCNC(=O)CCNC1CCCC(OC)C1. The van der Waals surface area contributed by atoms with Gasteiger partial charge in [-0.3, -0.25) is 4.79 Å². The minimum Gasteiger partial charge on any atom is -0.381 e. The lowest BCUT2D eigenvalue weighted by atomic mass is 9.93. The first-order valence-electron chi connectivity index (χ1n) is 6.79. The number of hydrogen-bond acceptors (Lipinski definition) is 3. The predicted octanol–water partition coefficient (Wildman–Crippen LogP) is 1.45. The number of nitrogens with one attached hydrogen (secondary N) is 2. The van der Waals surface area contributed by atoms with Gasteiger partial charge >= 0.3 is 0 Å². The summed E-state index contributed by atoms with van der Waals surface area (Å²) in [5.41, 5.74) is 0. The van der Waals surface area contributed by atoms with E-state index in [4.69, 9.17) is 4.74 Å². The quantitative estimate of drug-likeness (QED) is 0.710. The largest absolute Gasteiger partial charge is 0.381 e. The maximum Gasteiger partial charge on any atom is 0.221 e. The second-order valence-electron chi connectivity index (χ2n) is 4.78. The zero-order chi connectivity index (χ0) is 12.5. The minimum atomic E-state index is 0.151. The van der Waals surface area contributed by atoms with Crippen molar-refractivity contribution in [1.29, 1.82) is 0 Å². The van der Waals surface area contributed by atoms with Crippen molar-refractivity contribution in [2.24, 2.45) is 0 Å². The third-order valence-corrected chi connectivity index (χ3v) is 3.32. The van der Waals surface area contributed by atoms with E-state index in [1.165, 1.54) is 19.3 Å². The van der Waals surface area contributed by atoms with Crippen LogP contribution in [0.5, 0.6) is 0 Å². The van der Waals surface area contributed by atoms with E-state index in [0.29, 0.717) is 18.6 Å². The van der Waals surface area contributed by atoms with E-state index in [1.807, 2.05) is 0 Å². The van der Waals surface area contributed by atoms with E-state index in [0.717, 1.165) is 25.9 Å². The molecule has 0 aromatic heterocycles. The first kappa shape index (κ1) is 14.5. The highest BCUT2D eigenvalue weighted by atomic mass is 16.5. The summed E-state index contributed by atoms with van der Waals surface area (Å²) in [4.78, 5) is 11.4. The first-order chi connectivity index (χ1) is 8.26. The van der Waals surface area contributed by atoms with Gasteiger partial charge in [-0.2, -0.15) is 0 Å². The number of ether oxygens (including phenoxy) is 1. The molecule has 0 heterocycles. The molecule has 0 spiro atoms. The Morgan fingerprint density at radius 2 is 2.18 bits per heavy atom. The standard InChI is InChI=1S/C13H26N2O2/c1-3-8-15-13(16)7-9-14-11-5-4-6-12(10-11)17-2/h11-12,14H,3-10H2,1-2H3,(H,15,16). The van der Waals surface area contributed by atoms with Crippen molar-refractivity contribution >= 4 is 5.91 Å². The maximum absolute atomic E-state index is 11.4.